The molecule has 2 heterocycles. The lowest BCUT2D eigenvalue weighted by molar-refractivity contribution is -0.176. The van der Waals surface area contributed by atoms with Crippen molar-refractivity contribution in [3.8, 4) is 0 Å². The van der Waals surface area contributed by atoms with E-state index in [-0.39, 0.29) is 12.5 Å². The summed E-state index contributed by atoms with van der Waals surface area (Å²) in [5, 5.41) is 4.47. The van der Waals surface area contributed by atoms with E-state index in [9.17, 15) is 18.0 Å². The molecule has 1 aromatic carbocycles. The number of nitrogens with zero attached hydrogens (tertiary/aromatic N) is 4. The summed E-state index contributed by atoms with van der Waals surface area (Å²) in [5.74, 6) is -0.109. The number of alkyl halides is 3. The number of rotatable bonds is 7. The maximum atomic E-state index is 12.8. The highest BCUT2D eigenvalue weighted by atomic mass is 19.4. The number of piperazine rings is 1. The Balaban J connectivity index is 1.52. The minimum Gasteiger partial charge on any atom is -0.367 e. The van der Waals surface area contributed by atoms with Crippen molar-refractivity contribution in [1.82, 2.24) is 19.6 Å². The summed E-state index contributed by atoms with van der Waals surface area (Å²) in [4.78, 5) is 16.9. The zero-order valence-corrected chi connectivity index (χ0v) is 17.3. The van der Waals surface area contributed by atoms with Crippen LogP contribution in [0.4, 0.5) is 13.2 Å². The fraction of sp³-hybridized carbons (Fsp3) is 0.524. The molecular formula is C21H27F3N4O2. The summed E-state index contributed by atoms with van der Waals surface area (Å²) in [6.07, 6.45) is -2.29. The Bertz CT molecular complexity index is 858. The highest BCUT2D eigenvalue weighted by Crippen LogP contribution is 2.17. The Labute approximate surface area is 174 Å². The van der Waals surface area contributed by atoms with Crippen molar-refractivity contribution in [3.63, 3.8) is 0 Å². The summed E-state index contributed by atoms with van der Waals surface area (Å²) < 4.78 is 43.3. The number of benzene rings is 1. The Morgan fingerprint density at radius 1 is 1.20 bits per heavy atom. The van der Waals surface area contributed by atoms with Gasteiger partial charge >= 0.3 is 6.18 Å². The van der Waals surface area contributed by atoms with E-state index in [0.717, 1.165) is 31.9 Å². The Morgan fingerprint density at radius 3 is 2.57 bits per heavy atom. The van der Waals surface area contributed by atoms with Crippen molar-refractivity contribution in [1.29, 1.82) is 0 Å². The molecular weight excluding hydrogens is 397 g/mol. The third-order valence-corrected chi connectivity index (χ3v) is 5.13. The molecule has 1 saturated heterocycles. The van der Waals surface area contributed by atoms with Crippen LogP contribution in [0.2, 0.25) is 0 Å². The summed E-state index contributed by atoms with van der Waals surface area (Å²) in [5.41, 5.74) is 3.24. The number of amides is 1. The van der Waals surface area contributed by atoms with E-state index in [4.69, 9.17) is 4.74 Å². The van der Waals surface area contributed by atoms with Crippen LogP contribution >= 0.6 is 0 Å². The van der Waals surface area contributed by atoms with Crippen molar-refractivity contribution in [3.05, 3.63) is 52.8 Å². The van der Waals surface area contributed by atoms with Gasteiger partial charge in [0.15, 0.2) is 0 Å². The number of carbonyl (C=O) groups is 1. The second-order valence-corrected chi connectivity index (χ2v) is 7.47. The van der Waals surface area contributed by atoms with Crippen LogP contribution in [-0.2, 0) is 24.4 Å². The molecule has 0 radical (unpaired) electrons. The number of aryl methyl sites for hydroxylation is 2. The van der Waals surface area contributed by atoms with Crippen LogP contribution < -0.4 is 0 Å². The highest BCUT2D eigenvalue weighted by Gasteiger charge is 2.27. The largest absolute Gasteiger partial charge is 0.411 e. The predicted molar refractivity (Wildman–Crippen MR) is 106 cm³/mol. The van der Waals surface area contributed by atoms with E-state index < -0.39 is 12.8 Å². The van der Waals surface area contributed by atoms with Crippen LogP contribution in [0.1, 0.15) is 34.1 Å². The van der Waals surface area contributed by atoms with Crippen molar-refractivity contribution >= 4 is 5.91 Å². The van der Waals surface area contributed by atoms with Gasteiger partial charge in [-0.3, -0.25) is 14.4 Å². The lowest BCUT2D eigenvalue weighted by Gasteiger charge is -2.34. The fourth-order valence-electron chi connectivity index (χ4n) is 3.49. The van der Waals surface area contributed by atoms with Crippen LogP contribution in [0.15, 0.2) is 30.5 Å². The normalized spacial score (nSPS) is 15.6. The molecule has 0 unspecified atom stereocenters. The van der Waals surface area contributed by atoms with Crippen LogP contribution in [-0.4, -0.2) is 64.4 Å². The molecule has 0 aliphatic carbocycles. The van der Waals surface area contributed by atoms with Crippen molar-refractivity contribution in [2.75, 3.05) is 32.8 Å². The van der Waals surface area contributed by atoms with Gasteiger partial charge < -0.3 is 9.64 Å². The first-order valence-electron chi connectivity index (χ1n) is 10.0. The molecule has 1 aliphatic heterocycles. The first-order chi connectivity index (χ1) is 14.2. The van der Waals surface area contributed by atoms with Crippen molar-refractivity contribution in [2.24, 2.45) is 0 Å². The van der Waals surface area contributed by atoms with Gasteiger partial charge in [0.2, 0.25) is 0 Å². The minimum atomic E-state index is -4.36. The number of carbonyl (C=O) groups excluding carboxylic acids is 1. The lowest BCUT2D eigenvalue weighted by atomic mass is 10.1. The van der Waals surface area contributed by atoms with Crippen molar-refractivity contribution < 1.29 is 22.7 Å². The molecule has 0 atom stereocenters. The summed E-state index contributed by atoms with van der Waals surface area (Å²) in [7, 11) is 0. The van der Waals surface area contributed by atoms with Gasteiger partial charge in [-0.15, -0.1) is 0 Å². The van der Waals surface area contributed by atoms with Crippen molar-refractivity contribution in [2.45, 2.75) is 39.7 Å². The van der Waals surface area contributed by atoms with E-state index >= 15 is 0 Å². The summed E-state index contributed by atoms with van der Waals surface area (Å²) >= 11 is 0. The van der Waals surface area contributed by atoms with E-state index in [1.54, 1.807) is 29.2 Å². The summed E-state index contributed by atoms with van der Waals surface area (Å²) in [6.45, 7) is 6.95. The standard InChI is InChI=1S/C21H27F3N4O2/c1-3-28-13-19(16(2)25-28)12-26-7-9-27(10-8-26)20(29)18-6-4-5-17(11-18)14-30-15-21(22,23)24/h4-6,11,13H,3,7-10,12,14-15H2,1-2H3. The van der Waals surface area contributed by atoms with Crippen LogP contribution in [0.25, 0.3) is 0 Å². The molecule has 1 fully saturated rings. The summed E-state index contributed by atoms with van der Waals surface area (Å²) in [6, 6.07) is 6.62. The molecule has 3 rings (SSSR count). The molecule has 9 heteroatoms. The molecule has 1 amide bonds. The quantitative estimate of drug-likeness (QED) is 0.685. The first kappa shape index (κ1) is 22.3. The molecule has 30 heavy (non-hydrogen) atoms. The van der Waals surface area contributed by atoms with E-state index in [1.165, 1.54) is 5.56 Å². The van der Waals surface area contributed by atoms with Crippen LogP contribution in [0, 0.1) is 6.92 Å². The second-order valence-electron chi connectivity index (χ2n) is 7.47. The van der Waals surface area contributed by atoms with Gasteiger partial charge in [-0.05, 0) is 31.5 Å². The second kappa shape index (κ2) is 9.61. The SMILES string of the molecule is CCn1cc(CN2CCN(C(=O)c3cccc(COCC(F)(F)F)c3)CC2)c(C)n1. The predicted octanol–water partition coefficient (Wildman–Crippen LogP) is 3.25. The molecule has 164 valence electrons. The molecule has 2 aromatic rings. The molecule has 0 saturated carbocycles. The van der Waals surface area contributed by atoms with Crippen LogP contribution in [0.3, 0.4) is 0 Å². The van der Waals surface area contributed by atoms with Gasteiger partial charge in [-0.2, -0.15) is 18.3 Å². The average Bonchev–Trinajstić information content (AvgIpc) is 3.07. The lowest BCUT2D eigenvalue weighted by Crippen LogP contribution is -2.48. The smallest absolute Gasteiger partial charge is 0.367 e. The Kier molecular flexibility index (Phi) is 7.14. The number of ether oxygens (including phenoxy) is 1. The van der Waals surface area contributed by atoms with Gasteiger partial charge in [0.1, 0.15) is 6.61 Å². The minimum absolute atomic E-state index is 0.109. The monoisotopic (exact) mass is 424 g/mol. The third kappa shape index (κ3) is 6.06. The third-order valence-electron chi connectivity index (χ3n) is 5.13. The fourth-order valence-corrected chi connectivity index (χ4v) is 3.49. The number of halogens is 3. The molecule has 0 spiro atoms. The van der Waals surface area contributed by atoms with E-state index in [1.807, 2.05) is 11.6 Å². The van der Waals surface area contributed by atoms with Gasteiger partial charge in [0.25, 0.3) is 5.91 Å². The maximum absolute atomic E-state index is 12.8. The van der Waals surface area contributed by atoms with Gasteiger partial charge in [-0.25, -0.2) is 0 Å². The number of aromatic nitrogens is 2. The number of hydrogen-bond donors (Lipinski definition) is 0. The zero-order chi connectivity index (χ0) is 21.7. The van der Waals surface area contributed by atoms with E-state index in [0.29, 0.717) is 24.2 Å². The van der Waals surface area contributed by atoms with Gasteiger partial charge in [0, 0.05) is 56.6 Å². The van der Waals surface area contributed by atoms with Gasteiger partial charge in [-0.1, -0.05) is 12.1 Å². The molecule has 1 aliphatic rings. The highest BCUT2D eigenvalue weighted by molar-refractivity contribution is 5.94. The van der Waals surface area contributed by atoms with Gasteiger partial charge in [0.05, 0.1) is 12.3 Å². The number of hydrogen-bond acceptors (Lipinski definition) is 4. The Hall–Kier alpha value is -2.39. The Morgan fingerprint density at radius 2 is 1.93 bits per heavy atom. The average molecular weight is 424 g/mol. The topological polar surface area (TPSA) is 50.6 Å². The van der Waals surface area contributed by atoms with Crippen LogP contribution in [0.5, 0.6) is 0 Å². The first-order valence-corrected chi connectivity index (χ1v) is 10.0. The maximum Gasteiger partial charge on any atom is 0.411 e. The zero-order valence-electron chi connectivity index (χ0n) is 17.3. The molecule has 1 aromatic heterocycles. The molecule has 0 N–H and O–H groups in total. The van der Waals surface area contributed by atoms with E-state index in [2.05, 4.69) is 23.1 Å². The molecule has 6 nitrogen and oxygen atoms in total. The molecule has 0 bridgehead atoms.